The molecule has 1 aromatic carbocycles. The molecule has 2 rings (SSSR count). The molecule has 0 spiro atoms. The molecule has 3 nitrogen and oxygen atoms in total. The zero-order valence-corrected chi connectivity index (χ0v) is 13.1. The van der Waals surface area contributed by atoms with Crippen LogP contribution in [-0.2, 0) is 6.42 Å². The van der Waals surface area contributed by atoms with E-state index in [-0.39, 0.29) is 0 Å². The predicted molar refractivity (Wildman–Crippen MR) is 87.3 cm³/mol. The van der Waals surface area contributed by atoms with Crippen LogP contribution in [0.3, 0.4) is 0 Å². The van der Waals surface area contributed by atoms with Crippen LogP contribution in [0.1, 0.15) is 38.3 Å². The molecule has 0 bridgehead atoms. The number of nitrogens with zero attached hydrogens (tertiary/aromatic N) is 2. The van der Waals surface area contributed by atoms with Crippen molar-refractivity contribution in [1.82, 2.24) is 0 Å². The molecule has 0 amide bonds. The predicted octanol–water partition coefficient (Wildman–Crippen LogP) is 4.05. The molecule has 106 valence electrons. The molecule has 0 saturated carbocycles. The Hall–Kier alpha value is -1.47. The van der Waals surface area contributed by atoms with Gasteiger partial charge in [-0.1, -0.05) is 39.0 Å². The maximum atomic E-state index is 8.96. The van der Waals surface area contributed by atoms with Crippen molar-refractivity contribution < 1.29 is 0 Å². The Kier molecular flexibility index (Phi) is 5.08. The number of benzene rings is 1. The van der Waals surface area contributed by atoms with E-state index in [9.17, 15) is 0 Å². The van der Waals surface area contributed by atoms with Gasteiger partial charge in [0, 0.05) is 11.4 Å². The summed E-state index contributed by atoms with van der Waals surface area (Å²) in [5.41, 5.74) is 2.95. The quantitative estimate of drug-likeness (QED) is 0.908. The summed E-state index contributed by atoms with van der Waals surface area (Å²) in [6, 6.07) is 8.41. The largest absolute Gasteiger partial charge is 0.335 e. The second-order valence-electron chi connectivity index (χ2n) is 5.16. The fourth-order valence-corrected chi connectivity index (χ4v) is 3.34. The number of aliphatic imine (C=N–C) groups is 1. The van der Waals surface area contributed by atoms with E-state index in [4.69, 9.17) is 10.3 Å². The van der Waals surface area contributed by atoms with Crippen LogP contribution < -0.4 is 5.32 Å². The van der Waals surface area contributed by atoms with Crippen LogP contribution in [0.15, 0.2) is 23.2 Å². The highest BCUT2D eigenvalue weighted by atomic mass is 32.2. The van der Waals surface area contributed by atoms with Crippen LogP contribution >= 0.6 is 11.8 Å². The minimum Gasteiger partial charge on any atom is -0.335 e. The zero-order valence-electron chi connectivity index (χ0n) is 12.3. The second-order valence-corrected chi connectivity index (χ2v) is 6.17. The summed E-state index contributed by atoms with van der Waals surface area (Å²) in [5.74, 6) is 1.70. The van der Waals surface area contributed by atoms with Crippen molar-refractivity contribution in [2.75, 3.05) is 11.1 Å². The number of hydrogen-bond acceptors (Lipinski definition) is 4. The highest BCUT2D eigenvalue weighted by Gasteiger charge is 2.23. The van der Waals surface area contributed by atoms with E-state index in [0.29, 0.717) is 17.5 Å². The molecule has 1 heterocycles. The lowest BCUT2D eigenvalue weighted by molar-refractivity contribution is 0.481. The van der Waals surface area contributed by atoms with Crippen molar-refractivity contribution in [2.45, 2.75) is 39.7 Å². The van der Waals surface area contributed by atoms with Crippen molar-refractivity contribution in [3.63, 3.8) is 0 Å². The number of anilines is 1. The van der Waals surface area contributed by atoms with Crippen LogP contribution in [0.4, 0.5) is 5.69 Å². The number of amidine groups is 1. The summed E-state index contributed by atoms with van der Waals surface area (Å²) in [7, 11) is 0. The van der Waals surface area contributed by atoms with E-state index < -0.39 is 0 Å². The van der Waals surface area contributed by atoms with Crippen molar-refractivity contribution >= 4 is 22.6 Å². The van der Waals surface area contributed by atoms with Gasteiger partial charge in [0.15, 0.2) is 5.17 Å². The lowest BCUT2D eigenvalue weighted by Gasteiger charge is -2.12. The summed E-state index contributed by atoms with van der Waals surface area (Å²) in [6.45, 7) is 6.58. The summed E-state index contributed by atoms with van der Waals surface area (Å²) in [4.78, 5) is 4.78. The molecule has 0 aliphatic carbocycles. The van der Waals surface area contributed by atoms with E-state index in [1.165, 1.54) is 12.0 Å². The third-order valence-corrected chi connectivity index (χ3v) is 4.82. The van der Waals surface area contributed by atoms with Crippen molar-refractivity contribution in [2.24, 2.45) is 10.9 Å². The van der Waals surface area contributed by atoms with E-state index in [1.54, 1.807) is 11.8 Å². The molecule has 20 heavy (non-hydrogen) atoms. The van der Waals surface area contributed by atoms with Gasteiger partial charge in [-0.25, -0.2) is 0 Å². The summed E-state index contributed by atoms with van der Waals surface area (Å²) >= 11 is 1.79. The van der Waals surface area contributed by atoms with Crippen LogP contribution in [0.5, 0.6) is 0 Å². The smallest absolute Gasteiger partial charge is 0.161 e. The average molecular weight is 287 g/mol. The number of nitriles is 1. The Morgan fingerprint density at radius 2 is 2.30 bits per heavy atom. The molecule has 0 radical (unpaired) electrons. The fraction of sp³-hybridized carbons (Fsp3) is 0.500. The first-order valence-corrected chi connectivity index (χ1v) is 8.17. The minimum absolute atomic E-state index is 0.427. The Labute approximate surface area is 125 Å². The first-order valence-electron chi connectivity index (χ1n) is 7.18. The van der Waals surface area contributed by atoms with Gasteiger partial charge < -0.3 is 5.32 Å². The molecule has 2 unspecified atom stereocenters. The third kappa shape index (κ3) is 3.34. The first-order chi connectivity index (χ1) is 9.67. The Balaban J connectivity index is 2.13. The molecule has 1 aliphatic heterocycles. The van der Waals surface area contributed by atoms with E-state index in [1.807, 2.05) is 18.2 Å². The topological polar surface area (TPSA) is 48.2 Å². The Morgan fingerprint density at radius 3 is 2.95 bits per heavy atom. The van der Waals surface area contributed by atoms with Crippen LogP contribution in [0, 0.1) is 17.2 Å². The number of thioether (sulfide) groups is 1. The highest BCUT2D eigenvalue weighted by molar-refractivity contribution is 8.14. The summed E-state index contributed by atoms with van der Waals surface area (Å²) in [6.07, 6.45) is 2.07. The average Bonchev–Trinajstić information content (AvgIpc) is 2.95. The fourth-order valence-electron chi connectivity index (χ4n) is 2.21. The van der Waals surface area contributed by atoms with Gasteiger partial charge in [0.2, 0.25) is 0 Å². The van der Waals surface area contributed by atoms with Gasteiger partial charge in [-0.05, 0) is 36.1 Å². The molecule has 0 aromatic heterocycles. The molecule has 4 heteroatoms. The van der Waals surface area contributed by atoms with E-state index in [2.05, 4.69) is 32.2 Å². The van der Waals surface area contributed by atoms with Crippen LogP contribution in [-0.4, -0.2) is 17.0 Å². The number of hydrogen-bond donors (Lipinski definition) is 1. The van der Waals surface area contributed by atoms with Gasteiger partial charge in [0.05, 0.1) is 17.7 Å². The second kappa shape index (κ2) is 6.81. The maximum Gasteiger partial charge on any atom is 0.161 e. The van der Waals surface area contributed by atoms with Gasteiger partial charge in [-0.2, -0.15) is 5.26 Å². The van der Waals surface area contributed by atoms with Crippen molar-refractivity contribution in [3.8, 4) is 6.07 Å². The molecule has 0 fully saturated rings. The van der Waals surface area contributed by atoms with Crippen molar-refractivity contribution in [3.05, 3.63) is 29.3 Å². The van der Waals surface area contributed by atoms with Gasteiger partial charge in [-0.3, -0.25) is 4.99 Å². The monoisotopic (exact) mass is 287 g/mol. The van der Waals surface area contributed by atoms with Gasteiger partial charge >= 0.3 is 0 Å². The SMILES string of the molecule is CCc1cc(C#N)ccc1NC1=NC(C(C)CC)CS1. The molecule has 1 N–H and O–H groups in total. The maximum absolute atomic E-state index is 8.96. The molecular weight excluding hydrogens is 266 g/mol. The number of nitrogens with one attached hydrogen (secondary N) is 1. The van der Waals surface area contributed by atoms with Crippen LogP contribution in [0.25, 0.3) is 0 Å². The van der Waals surface area contributed by atoms with E-state index in [0.717, 1.165) is 23.0 Å². The van der Waals surface area contributed by atoms with Crippen molar-refractivity contribution in [1.29, 1.82) is 5.26 Å². The first kappa shape index (κ1) is 14.9. The highest BCUT2D eigenvalue weighted by Crippen LogP contribution is 2.27. The third-order valence-electron chi connectivity index (χ3n) is 3.83. The zero-order chi connectivity index (χ0) is 14.5. The molecular formula is C16H21N3S. The molecule has 0 saturated heterocycles. The van der Waals surface area contributed by atoms with Gasteiger partial charge in [0.25, 0.3) is 0 Å². The summed E-state index contributed by atoms with van der Waals surface area (Å²) < 4.78 is 0. The lowest BCUT2D eigenvalue weighted by atomic mass is 10.0. The standard InChI is InChI=1S/C16H21N3S/c1-4-11(3)15-10-20-16(19-15)18-14-7-6-12(9-17)8-13(14)5-2/h6-8,11,15H,4-5,10H2,1-3H3,(H,18,19). The van der Waals surface area contributed by atoms with E-state index >= 15 is 0 Å². The Morgan fingerprint density at radius 1 is 1.50 bits per heavy atom. The Bertz CT molecular complexity index is 545. The molecule has 1 aliphatic rings. The summed E-state index contributed by atoms with van der Waals surface area (Å²) in [5, 5.41) is 13.4. The molecule has 1 aromatic rings. The number of aryl methyl sites for hydroxylation is 1. The normalized spacial score (nSPS) is 19.3. The van der Waals surface area contributed by atoms with Gasteiger partial charge in [-0.15, -0.1) is 0 Å². The van der Waals surface area contributed by atoms with Gasteiger partial charge in [0.1, 0.15) is 0 Å². The molecule has 2 atom stereocenters. The number of rotatable bonds is 4. The minimum atomic E-state index is 0.427. The lowest BCUT2D eigenvalue weighted by Crippen LogP contribution is -2.14. The van der Waals surface area contributed by atoms with Crippen LogP contribution in [0.2, 0.25) is 0 Å².